The molecule has 0 bridgehead atoms. The molecule has 1 N–H and O–H groups in total. The van der Waals surface area contributed by atoms with Crippen LogP contribution in [0.15, 0.2) is 77.8 Å². The van der Waals surface area contributed by atoms with Gasteiger partial charge in [0, 0.05) is 6.42 Å². The fourth-order valence-electron chi connectivity index (χ4n) is 3.79. The number of thioether (sulfide) groups is 1. The zero-order valence-corrected chi connectivity index (χ0v) is 19.8. The molecule has 1 atom stereocenters. The Kier molecular flexibility index (Phi) is 6.58. The lowest BCUT2D eigenvalue weighted by Gasteiger charge is -2.32. The first-order chi connectivity index (χ1) is 17.1. The van der Waals surface area contributed by atoms with Crippen LogP contribution in [0, 0.1) is 0 Å². The van der Waals surface area contributed by atoms with Gasteiger partial charge in [0.1, 0.15) is 11.0 Å². The van der Waals surface area contributed by atoms with Crippen molar-refractivity contribution in [3.63, 3.8) is 0 Å². The van der Waals surface area contributed by atoms with E-state index in [1.807, 2.05) is 60.7 Å². The van der Waals surface area contributed by atoms with Crippen molar-refractivity contribution in [3.8, 4) is 17.2 Å². The molecule has 8 nitrogen and oxygen atoms in total. The highest BCUT2D eigenvalue weighted by molar-refractivity contribution is 8.15. The molecule has 1 saturated heterocycles. The Morgan fingerprint density at radius 3 is 2.69 bits per heavy atom. The summed E-state index contributed by atoms with van der Waals surface area (Å²) in [5.41, 5.74) is 2.13. The van der Waals surface area contributed by atoms with Crippen LogP contribution in [-0.4, -0.2) is 41.0 Å². The summed E-state index contributed by atoms with van der Waals surface area (Å²) >= 11 is 1.27. The van der Waals surface area contributed by atoms with Gasteiger partial charge in [0.15, 0.2) is 16.7 Å². The molecule has 9 heteroatoms. The minimum Gasteiger partial charge on any atom is -0.495 e. The van der Waals surface area contributed by atoms with E-state index in [0.29, 0.717) is 40.3 Å². The fraction of sp³-hybridized carbons (Fsp3) is 0.192. The number of benzene rings is 3. The molecular formula is C26H23N3O5S. The van der Waals surface area contributed by atoms with Crippen LogP contribution in [-0.2, 0) is 16.1 Å². The quantitative estimate of drug-likeness (QED) is 0.545. The summed E-state index contributed by atoms with van der Waals surface area (Å²) in [4.78, 5) is 32.8. The van der Waals surface area contributed by atoms with Gasteiger partial charge in [-0.2, -0.15) is 0 Å². The largest absolute Gasteiger partial charge is 0.495 e. The van der Waals surface area contributed by atoms with E-state index < -0.39 is 5.25 Å². The van der Waals surface area contributed by atoms with Crippen LogP contribution >= 0.6 is 11.8 Å². The van der Waals surface area contributed by atoms with Crippen molar-refractivity contribution in [2.45, 2.75) is 18.2 Å². The molecule has 0 spiro atoms. The molecule has 3 aromatic carbocycles. The Hall–Kier alpha value is -3.98. The maximum Gasteiger partial charge on any atom is 0.238 e. The molecular weight excluding hydrogens is 466 g/mol. The average molecular weight is 490 g/mol. The van der Waals surface area contributed by atoms with Crippen molar-refractivity contribution in [2.75, 3.05) is 19.2 Å². The second-order valence-electron chi connectivity index (χ2n) is 7.90. The third-order valence-electron chi connectivity index (χ3n) is 5.56. The van der Waals surface area contributed by atoms with Gasteiger partial charge in [-0.15, -0.1) is 0 Å². The zero-order chi connectivity index (χ0) is 24.2. The first-order valence-corrected chi connectivity index (χ1v) is 11.9. The number of fused-ring (bicyclic) bond motifs is 1. The number of para-hydroxylation sites is 3. The molecule has 35 heavy (non-hydrogen) atoms. The number of nitrogens with one attached hydrogen (secondary N) is 1. The van der Waals surface area contributed by atoms with Crippen LogP contribution in [0.4, 0.5) is 11.4 Å². The van der Waals surface area contributed by atoms with E-state index >= 15 is 0 Å². The summed E-state index contributed by atoms with van der Waals surface area (Å²) in [7, 11) is 1.54. The van der Waals surface area contributed by atoms with Gasteiger partial charge >= 0.3 is 0 Å². The lowest BCUT2D eigenvalue weighted by atomic mass is 10.1. The number of amides is 2. The average Bonchev–Trinajstić information content (AvgIpc) is 3.35. The van der Waals surface area contributed by atoms with Gasteiger partial charge in [-0.1, -0.05) is 48.2 Å². The topological polar surface area (TPSA) is 89.5 Å². The third-order valence-corrected chi connectivity index (χ3v) is 6.74. The lowest BCUT2D eigenvalue weighted by Crippen LogP contribution is -2.44. The molecule has 5 rings (SSSR count). The molecule has 0 unspecified atom stereocenters. The van der Waals surface area contributed by atoms with Crippen LogP contribution in [0.1, 0.15) is 12.0 Å². The Labute approximate surface area is 206 Å². The summed E-state index contributed by atoms with van der Waals surface area (Å²) < 4.78 is 16.2. The third kappa shape index (κ3) is 5.09. The monoisotopic (exact) mass is 489 g/mol. The Balaban J connectivity index is 1.40. The van der Waals surface area contributed by atoms with Crippen LogP contribution in [0.3, 0.4) is 0 Å². The van der Waals surface area contributed by atoms with E-state index in [-0.39, 0.29) is 25.0 Å². The molecule has 0 aromatic heterocycles. The van der Waals surface area contributed by atoms with E-state index in [0.717, 1.165) is 5.56 Å². The summed E-state index contributed by atoms with van der Waals surface area (Å²) in [6.07, 6.45) is 0.0456. The molecule has 0 saturated carbocycles. The summed E-state index contributed by atoms with van der Waals surface area (Å²) in [5, 5.41) is 2.71. The number of nitrogens with zero attached hydrogens (tertiary/aromatic N) is 2. The Morgan fingerprint density at radius 1 is 1.09 bits per heavy atom. The molecule has 1 fully saturated rings. The summed E-state index contributed by atoms with van der Waals surface area (Å²) in [6, 6.07) is 22.1. The van der Waals surface area contributed by atoms with Gasteiger partial charge in [-0.25, -0.2) is 4.99 Å². The van der Waals surface area contributed by atoms with E-state index in [1.54, 1.807) is 24.1 Å². The maximum absolute atomic E-state index is 13.3. The lowest BCUT2D eigenvalue weighted by molar-refractivity contribution is -0.129. The first-order valence-electron chi connectivity index (χ1n) is 11.0. The highest BCUT2D eigenvalue weighted by Gasteiger charge is 2.36. The summed E-state index contributed by atoms with van der Waals surface area (Å²) in [6.45, 7) is 0.482. The van der Waals surface area contributed by atoms with Gasteiger partial charge in [0.05, 0.1) is 25.0 Å². The van der Waals surface area contributed by atoms with Crippen molar-refractivity contribution in [2.24, 2.45) is 4.99 Å². The molecule has 2 aliphatic rings. The molecule has 2 aliphatic heterocycles. The molecule has 0 aliphatic carbocycles. The second kappa shape index (κ2) is 10.1. The number of aliphatic imine (C=N–C) groups is 1. The number of amidine groups is 1. The van der Waals surface area contributed by atoms with E-state index in [2.05, 4.69) is 5.32 Å². The van der Waals surface area contributed by atoms with Gasteiger partial charge in [0.2, 0.25) is 18.6 Å². The number of carbonyl (C=O) groups is 2. The smallest absolute Gasteiger partial charge is 0.238 e. The predicted molar refractivity (Wildman–Crippen MR) is 134 cm³/mol. The number of carbonyl (C=O) groups excluding carboxylic acids is 2. The normalized spacial score (nSPS) is 18.0. The Morgan fingerprint density at radius 2 is 1.86 bits per heavy atom. The number of rotatable bonds is 6. The molecule has 2 amide bonds. The highest BCUT2D eigenvalue weighted by Crippen LogP contribution is 2.35. The standard InChI is InChI=1S/C26H23N3O5S/c1-32-20-10-6-5-9-19(20)28-25(31)23-14-24(30)29(26(35-23)27-18-7-3-2-4-8-18)15-17-11-12-21-22(13-17)34-16-33-21/h2-13,23H,14-16H2,1H3,(H,28,31)/t23-/m1/s1. The number of methoxy groups -OCH3 is 1. The first kappa shape index (κ1) is 22.8. The van der Waals surface area contributed by atoms with Crippen LogP contribution < -0.4 is 19.5 Å². The minimum absolute atomic E-state index is 0.0456. The fourth-order valence-corrected chi connectivity index (χ4v) is 4.89. The van der Waals surface area contributed by atoms with Crippen molar-refractivity contribution in [3.05, 3.63) is 78.4 Å². The van der Waals surface area contributed by atoms with Crippen molar-refractivity contribution in [1.29, 1.82) is 0 Å². The minimum atomic E-state index is -0.636. The van der Waals surface area contributed by atoms with Gasteiger partial charge in [-0.05, 0) is 42.0 Å². The highest BCUT2D eigenvalue weighted by atomic mass is 32.2. The van der Waals surface area contributed by atoms with E-state index in [9.17, 15) is 9.59 Å². The number of anilines is 1. The van der Waals surface area contributed by atoms with Crippen LogP contribution in [0.2, 0.25) is 0 Å². The van der Waals surface area contributed by atoms with Gasteiger partial charge in [-0.3, -0.25) is 14.5 Å². The summed E-state index contributed by atoms with van der Waals surface area (Å²) in [5.74, 6) is 1.41. The molecule has 2 heterocycles. The van der Waals surface area contributed by atoms with Crippen LogP contribution in [0.25, 0.3) is 0 Å². The van der Waals surface area contributed by atoms with Crippen molar-refractivity contribution in [1.82, 2.24) is 4.90 Å². The van der Waals surface area contributed by atoms with Crippen molar-refractivity contribution < 1.29 is 23.8 Å². The molecule has 3 aromatic rings. The van der Waals surface area contributed by atoms with Crippen LogP contribution in [0.5, 0.6) is 17.2 Å². The number of hydrogen-bond donors (Lipinski definition) is 1. The zero-order valence-electron chi connectivity index (χ0n) is 19.0. The Bertz CT molecular complexity index is 1280. The number of ether oxygens (including phenoxy) is 3. The SMILES string of the molecule is COc1ccccc1NC(=O)[C@H]1CC(=O)N(Cc2ccc3c(c2)OCO3)C(=Nc2ccccc2)S1. The van der Waals surface area contributed by atoms with Crippen molar-refractivity contribution >= 4 is 40.1 Å². The number of hydrogen-bond acceptors (Lipinski definition) is 7. The van der Waals surface area contributed by atoms with Gasteiger partial charge < -0.3 is 19.5 Å². The predicted octanol–water partition coefficient (Wildman–Crippen LogP) is 4.58. The van der Waals surface area contributed by atoms with E-state index in [4.69, 9.17) is 19.2 Å². The maximum atomic E-state index is 13.3. The van der Waals surface area contributed by atoms with E-state index in [1.165, 1.54) is 11.8 Å². The van der Waals surface area contributed by atoms with Gasteiger partial charge in [0.25, 0.3) is 0 Å². The molecule has 0 radical (unpaired) electrons. The molecule has 178 valence electrons. The second-order valence-corrected chi connectivity index (χ2v) is 9.07.